The number of carbonyl (C=O) groups is 1. The van der Waals surface area contributed by atoms with E-state index in [1.807, 2.05) is 36.4 Å². The van der Waals surface area contributed by atoms with Gasteiger partial charge in [-0.3, -0.25) is 0 Å². The van der Waals surface area contributed by atoms with Crippen LogP contribution in [0.4, 0.5) is 11.4 Å². The standard InChI is InChI=1S/C27H32N2O3/c1-2-3-4-5-6-7-16-31-25-12-8-20(9-13-25)21-10-14-26(15-11-21)32-27(30)22-17-23(28)19-24(29)18-22/h8-15,17-19H,2-7,16,28-29H2,1H3. The highest BCUT2D eigenvalue weighted by Gasteiger charge is 2.10. The van der Waals surface area contributed by atoms with Crippen LogP contribution in [0.5, 0.6) is 11.5 Å². The van der Waals surface area contributed by atoms with Crippen LogP contribution in [0.15, 0.2) is 66.7 Å². The summed E-state index contributed by atoms with van der Waals surface area (Å²) in [4.78, 5) is 12.3. The molecule has 0 heterocycles. The number of hydrogen-bond donors (Lipinski definition) is 2. The number of hydrogen-bond acceptors (Lipinski definition) is 5. The molecule has 0 saturated carbocycles. The molecule has 0 fully saturated rings. The van der Waals surface area contributed by atoms with Gasteiger partial charge < -0.3 is 20.9 Å². The SMILES string of the molecule is CCCCCCCCOc1ccc(-c2ccc(OC(=O)c3cc(N)cc(N)c3)cc2)cc1. The number of anilines is 2. The molecule has 0 amide bonds. The molecular weight excluding hydrogens is 400 g/mol. The molecule has 0 aliphatic heterocycles. The lowest BCUT2D eigenvalue weighted by atomic mass is 10.1. The fraction of sp³-hybridized carbons (Fsp3) is 0.296. The van der Waals surface area contributed by atoms with Gasteiger partial charge in [-0.1, -0.05) is 63.3 Å². The van der Waals surface area contributed by atoms with Crippen molar-refractivity contribution in [2.24, 2.45) is 0 Å². The van der Waals surface area contributed by atoms with Crippen molar-refractivity contribution in [1.29, 1.82) is 0 Å². The van der Waals surface area contributed by atoms with Gasteiger partial charge >= 0.3 is 5.97 Å². The summed E-state index contributed by atoms with van der Waals surface area (Å²) >= 11 is 0. The van der Waals surface area contributed by atoms with E-state index in [9.17, 15) is 4.79 Å². The summed E-state index contributed by atoms with van der Waals surface area (Å²) in [5.74, 6) is 0.844. The molecule has 0 bridgehead atoms. The Bertz CT molecular complexity index is 978. The molecule has 3 aromatic rings. The molecule has 3 aromatic carbocycles. The highest BCUT2D eigenvalue weighted by atomic mass is 16.5. The van der Waals surface area contributed by atoms with Gasteiger partial charge in [0.05, 0.1) is 12.2 Å². The van der Waals surface area contributed by atoms with Crippen molar-refractivity contribution in [3.8, 4) is 22.6 Å². The van der Waals surface area contributed by atoms with Crippen molar-refractivity contribution in [2.45, 2.75) is 45.4 Å². The second-order valence-corrected chi connectivity index (χ2v) is 7.94. The predicted molar refractivity (Wildman–Crippen MR) is 131 cm³/mol. The molecule has 168 valence electrons. The van der Waals surface area contributed by atoms with Gasteiger partial charge in [0.25, 0.3) is 0 Å². The number of nitrogens with two attached hydrogens (primary N) is 2. The Hall–Kier alpha value is -3.47. The quantitative estimate of drug-likeness (QED) is 0.157. The fourth-order valence-electron chi connectivity index (χ4n) is 3.49. The Kier molecular flexibility index (Phi) is 8.55. The molecule has 0 aliphatic rings. The minimum atomic E-state index is -0.497. The van der Waals surface area contributed by atoms with Crippen LogP contribution in [0.25, 0.3) is 11.1 Å². The topological polar surface area (TPSA) is 87.6 Å². The van der Waals surface area contributed by atoms with Crippen molar-refractivity contribution in [3.05, 3.63) is 72.3 Å². The molecule has 0 aromatic heterocycles. The zero-order valence-corrected chi connectivity index (χ0v) is 18.7. The molecule has 0 unspecified atom stereocenters. The van der Waals surface area contributed by atoms with Gasteiger partial charge in [-0.2, -0.15) is 0 Å². The number of ether oxygens (including phenoxy) is 2. The van der Waals surface area contributed by atoms with E-state index in [1.54, 1.807) is 30.3 Å². The molecule has 0 atom stereocenters. The fourth-order valence-corrected chi connectivity index (χ4v) is 3.49. The maximum atomic E-state index is 12.3. The molecule has 0 saturated heterocycles. The molecule has 0 spiro atoms. The van der Waals surface area contributed by atoms with Crippen LogP contribution < -0.4 is 20.9 Å². The van der Waals surface area contributed by atoms with E-state index >= 15 is 0 Å². The molecule has 3 rings (SSSR count). The van der Waals surface area contributed by atoms with Gasteiger partial charge in [0, 0.05) is 11.4 Å². The number of rotatable bonds is 11. The first kappa shape index (κ1) is 23.2. The summed E-state index contributed by atoms with van der Waals surface area (Å²) in [6, 6.07) is 20.1. The normalized spacial score (nSPS) is 10.7. The molecule has 4 N–H and O–H groups in total. The van der Waals surface area contributed by atoms with Crippen molar-refractivity contribution in [1.82, 2.24) is 0 Å². The van der Waals surface area contributed by atoms with Crippen molar-refractivity contribution >= 4 is 17.3 Å². The third-order valence-electron chi connectivity index (χ3n) is 5.23. The Morgan fingerprint density at radius 3 is 1.84 bits per heavy atom. The molecule has 32 heavy (non-hydrogen) atoms. The van der Waals surface area contributed by atoms with Crippen LogP contribution >= 0.6 is 0 Å². The molecule has 0 radical (unpaired) electrons. The van der Waals surface area contributed by atoms with Crippen LogP contribution in [-0.2, 0) is 0 Å². The average molecular weight is 433 g/mol. The Labute approximate surface area is 190 Å². The van der Waals surface area contributed by atoms with Gasteiger partial charge in [0.15, 0.2) is 0 Å². The van der Waals surface area contributed by atoms with E-state index in [-0.39, 0.29) is 0 Å². The van der Waals surface area contributed by atoms with Crippen LogP contribution in [0, 0.1) is 0 Å². The molecule has 0 aliphatic carbocycles. The van der Waals surface area contributed by atoms with Gasteiger partial charge in [-0.25, -0.2) is 4.79 Å². The summed E-state index contributed by atoms with van der Waals surface area (Å²) in [5.41, 5.74) is 14.8. The van der Waals surface area contributed by atoms with E-state index in [4.69, 9.17) is 20.9 Å². The second-order valence-electron chi connectivity index (χ2n) is 7.94. The van der Waals surface area contributed by atoms with E-state index < -0.39 is 5.97 Å². The van der Waals surface area contributed by atoms with Crippen LogP contribution in [0.1, 0.15) is 55.8 Å². The lowest BCUT2D eigenvalue weighted by Crippen LogP contribution is -2.09. The molecule has 5 nitrogen and oxygen atoms in total. The van der Waals surface area contributed by atoms with Crippen molar-refractivity contribution in [2.75, 3.05) is 18.1 Å². The summed E-state index contributed by atoms with van der Waals surface area (Å²) in [5, 5.41) is 0. The van der Waals surface area contributed by atoms with Gasteiger partial charge in [-0.15, -0.1) is 0 Å². The summed E-state index contributed by atoms with van der Waals surface area (Å²) in [6.45, 7) is 2.99. The zero-order valence-electron chi connectivity index (χ0n) is 18.7. The first-order valence-corrected chi connectivity index (χ1v) is 11.3. The Balaban J connectivity index is 1.50. The van der Waals surface area contributed by atoms with Gasteiger partial charge in [0.2, 0.25) is 0 Å². The van der Waals surface area contributed by atoms with E-state index in [1.165, 1.54) is 32.1 Å². The summed E-state index contributed by atoms with van der Waals surface area (Å²) < 4.78 is 11.3. The summed E-state index contributed by atoms with van der Waals surface area (Å²) in [7, 11) is 0. The van der Waals surface area contributed by atoms with E-state index in [0.29, 0.717) is 22.7 Å². The van der Waals surface area contributed by atoms with Gasteiger partial charge in [0.1, 0.15) is 11.5 Å². The van der Waals surface area contributed by atoms with E-state index in [2.05, 4.69) is 6.92 Å². The van der Waals surface area contributed by atoms with Crippen LogP contribution in [0.2, 0.25) is 0 Å². The first-order valence-electron chi connectivity index (χ1n) is 11.3. The Morgan fingerprint density at radius 2 is 1.25 bits per heavy atom. The van der Waals surface area contributed by atoms with Gasteiger partial charge in [-0.05, 0) is 60.0 Å². The zero-order chi connectivity index (χ0) is 22.8. The average Bonchev–Trinajstić information content (AvgIpc) is 2.79. The smallest absolute Gasteiger partial charge is 0.343 e. The van der Waals surface area contributed by atoms with Crippen molar-refractivity contribution < 1.29 is 14.3 Å². The maximum absolute atomic E-state index is 12.3. The number of unbranched alkanes of at least 4 members (excludes halogenated alkanes) is 5. The van der Waals surface area contributed by atoms with E-state index in [0.717, 1.165) is 29.9 Å². The first-order chi connectivity index (χ1) is 15.5. The lowest BCUT2D eigenvalue weighted by Gasteiger charge is -2.09. The highest BCUT2D eigenvalue weighted by molar-refractivity contribution is 5.93. The monoisotopic (exact) mass is 432 g/mol. The molecule has 5 heteroatoms. The number of nitrogen functional groups attached to an aromatic ring is 2. The third-order valence-corrected chi connectivity index (χ3v) is 5.23. The lowest BCUT2D eigenvalue weighted by molar-refractivity contribution is 0.0735. The third kappa shape index (κ3) is 7.05. The largest absolute Gasteiger partial charge is 0.494 e. The van der Waals surface area contributed by atoms with Crippen molar-refractivity contribution in [3.63, 3.8) is 0 Å². The predicted octanol–water partition coefficient (Wildman–Crippen LogP) is 6.48. The second kappa shape index (κ2) is 11.8. The maximum Gasteiger partial charge on any atom is 0.343 e. The Morgan fingerprint density at radius 1 is 0.719 bits per heavy atom. The van der Waals surface area contributed by atoms with Crippen LogP contribution in [-0.4, -0.2) is 12.6 Å². The molecular formula is C27H32N2O3. The highest BCUT2D eigenvalue weighted by Crippen LogP contribution is 2.25. The van der Waals surface area contributed by atoms with Crippen LogP contribution in [0.3, 0.4) is 0 Å². The minimum absolute atomic E-state index is 0.322. The minimum Gasteiger partial charge on any atom is -0.494 e. The number of esters is 1. The number of carbonyl (C=O) groups excluding carboxylic acids is 1. The summed E-state index contributed by atoms with van der Waals surface area (Å²) in [6.07, 6.45) is 7.51. The number of benzene rings is 3.